The summed E-state index contributed by atoms with van der Waals surface area (Å²) in [5.41, 5.74) is 7.15. The smallest absolute Gasteiger partial charge is 0.271 e. The van der Waals surface area contributed by atoms with E-state index in [1.165, 1.54) is 0 Å². The number of hydrazine groups is 1. The third-order valence-electron chi connectivity index (χ3n) is 4.52. The zero-order valence-corrected chi connectivity index (χ0v) is 15.8. The molecule has 0 atom stereocenters. The van der Waals surface area contributed by atoms with Crippen molar-refractivity contribution < 1.29 is 14.1 Å². The van der Waals surface area contributed by atoms with E-state index in [-0.39, 0.29) is 24.7 Å². The minimum Gasteiger partial charge on any atom is -0.350 e. The molecule has 0 fully saturated rings. The standard InChI is InChI=1S/C21H19N5O3/c1-26-13-16(15-9-5-6-10-17(15)26)21(28)24-23-18(27)11-12-19-22-20(25-29-19)14-7-3-2-4-8-14/h2-10,13H,11-12H2,1H3,(H,23,27)(H,24,28). The number of hydrogen-bond acceptors (Lipinski definition) is 5. The first-order chi connectivity index (χ1) is 14.1. The summed E-state index contributed by atoms with van der Waals surface area (Å²) in [5.74, 6) is 0.113. The molecule has 0 bridgehead atoms. The molecule has 2 aromatic carbocycles. The molecule has 0 unspecified atom stereocenters. The molecule has 2 amide bonds. The van der Waals surface area contributed by atoms with Crippen LogP contribution in [-0.4, -0.2) is 26.5 Å². The fourth-order valence-electron chi connectivity index (χ4n) is 3.06. The predicted octanol–water partition coefficient (Wildman–Crippen LogP) is 2.62. The lowest BCUT2D eigenvalue weighted by molar-refractivity contribution is -0.121. The second kappa shape index (κ2) is 7.97. The maximum atomic E-state index is 12.4. The van der Waals surface area contributed by atoms with E-state index >= 15 is 0 Å². The molecule has 0 aliphatic carbocycles. The minimum atomic E-state index is -0.376. The predicted molar refractivity (Wildman–Crippen MR) is 107 cm³/mol. The van der Waals surface area contributed by atoms with Gasteiger partial charge >= 0.3 is 0 Å². The van der Waals surface area contributed by atoms with Crippen LogP contribution < -0.4 is 10.9 Å². The molecule has 2 heterocycles. The molecular formula is C21H19N5O3. The first kappa shape index (κ1) is 18.4. The normalized spacial score (nSPS) is 10.8. The SMILES string of the molecule is Cn1cc(C(=O)NNC(=O)CCc2nc(-c3ccccc3)no2)c2ccccc21. The molecular weight excluding hydrogens is 370 g/mol. The first-order valence-corrected chi connectivity index (χ1v) is 9.13. The third-order valence-corrected chi connectivity index (χ3v) is 4.52. The average Bonchev–Trinajstić information content (AvgIpc) is 3.36. The molecule has 2 N–H and O–H groups in total. The molecule has 0 saturated heterocycles. The molecule has 4 rings (SSSR count). The highest BCUT2D eigenvalue weighted by atomic mass is 16.5. The highest BCUT2D eigenvalue weighted by Crippen LogP contribution is 2.20. The van der Waals surface area contributed by atoms with E-state index in [2.05, 4.69) is 21.0 Å². The molecule has 0 spiro atoms. The van der Waals surface area contributed by atoms with Crippen molar-refractivity contribution in [1.82, 2.24) is 25.6 Å². The Kier molecular flexibility index (Phi) is 5.07. The summed E-state index contributed by atoms with van der Waals surface area (Å²) in [6.07, 6.45) is 2.11. The highest BCUT2D eigenvalue weighted by Gasteiger charge is 2.15. The monoisotopic (exact) mass is 389 g/mol. The number of rotatable bonds is 5. The van der Waals surface area contributed by atoms with Crippen LogP contribution in [0.4, 0.5) is 0 Å². The lowest BCUT2D eigenvalue weighted by Gasteiger charge is -2.06. The number of para-hydroxylation sites is 1. The van der Waals surface area contributed by atoms with Crippen molar-refractivity contribution in [2.45, 2.75) is 12.8 Å². The van der Waals surface area contributed by atoms with Gasteiger partial charge < -0.3 is 9.09 Å². The van der Waals surface area contributed by atoms with Crippen molar-refractivity contribution in [1.29, 1.82) is 0 Å². The number of carbonyl (C=O) groups is 2. The van der Waals surface area contributed by atoms with Gasteiger partial charge in [0, 0.05) is 42.6 Å². The molecule has 29 heavy (non-hydrogen) atoms. The fraction of sp³-hybridized carbons (Fsp3) is 0.143. The van der Waals surface area contributed by atoms with E-state index in [0.29, 0.717) is 17.3 Å². The Balaban J connectivity index is 1.31. The quantitative estimate of drug-likeness (QED) is 0.511. The van der Waals surface area contributed by atoms with E-state index < -0.39 is 0 Å². The summed E-state index contributed by atoms with van der Waals surface area (Å²) >= 11 is 0. The summed E-state index contributed by atoms with van der Waals surface area (Å²) in [6.45, 7) is 0. The number of aryl methyl sites for hydroxylation is 2. The summed E-state index contributed by atoms with van der Waals surface area (Å²) in [5, 5.41) is 4.74. The van der Waals surface area contributed by atoms with Crippen LogP contribution in [-0.2, 0) is 18.3 Å². The van der Waals surface area contributed by atoms with Gasteiger partial charge in [0.25, 0.3) is 5.91 Å². The van der Waals surface area contributed by atoms with Gasteiger partial charge in [0.15, 0.2) is 0 Å². The third kappa shape index (κ3) is 4.01. The van der Waals surface area contributed by atoms with E-state index in [0.717, 1.165) is 16.5 Å². The Morgan fingerprint density at radius 2 is 1.79 bits per heavy atom. The summed E-state index contributed by atoms with van der Waals surface area (Å²) in [7, 11) is 1.87. The Morgan fingerprint density at radius 3 is 2.62 bits per heavy atom. The highest BCUT2D eigenvalue weighted by molar-refractivity contribution is 6.07. The van der Waals surface area contributed by atoms with Gasteiger partial charge in [0.05, 0.1) is 5.56 Å². The van der Waals surface area contributed by atoms with Gasteiger partial charge in [0.2, 0.25) is 17.6 Å². The molecule has 146 valence electrons. The number of carbonyl (C=O) groups excluding carboxylic acids is 2. The van der Waals surface area contributed by atoms with Gasteiger partial charge in [-0.1, -0.05) is 53.7 Å². The van der Waals surface area contributed by atoms with Crippen molar-refractivity contribution in [3.05, 3.63) is 72.2 Å². The maximum absolute atomic E-state index is 12.4. The number of aromatic nitrogens is 3. The van der Waals surface area contributed by atoms with Gasteiger partial charge in [0.1, 0.15) is 0 Å². The molecule has 0 aliphatic heterocycles. The van der Waals surface area contributed by atoms with Crippen molar-refractivity contribution in [3.63, 3.8) is 0 Å². The van der Waals surface area contributed by atoms with Gasteiger partial charge in [-0.25, -0.2) is 0 Å². The Bertz CT molecular complexity index is 1160. The molecule has 8 heteroatoms. The van der Waals surface area contributed by atoms with Gasteiger partial charge in [-0.05, 0) is 6.07 Å². The molecule has 0 radical (unpaired) electrons. The van der Waals surface area contributed by atoms with Crippen LogP contribution in [0.1, 0.15) is 22.7 Å². The number of nitrogens with zero attached hydrogens (tertiary/aromatic N) is 3. The number of benzene rings is 2. The van der Waals surface area contributed by atoms with Gasteiger partial charge in [-0.3, -0.25) is 20.4 Å². The second-order valence-corrected chi connectivity index (χ2v) is 6.55. The van der Waals surface area contributed by atoms with Crippen LogP contribution in [0.5, 0.6) is 0 Å². The van der Waals surface area contributed by atoms with Crippen LogP contribution in [0, 0.1) is 0 Å². The number of hydrogen-bond donors (Lipinski definition) is 2. The number of amides is 2. The van der Waals surface area contributed by atoms with Crippen molar-refractivity contribution in [2.24, 2.45) is 7.05 Å². The fourth-order valence-corrected chi connectivity index (χ4v) is 3.06. The Labute approximate surface area is 166 Å². The minimum absolute atomic E-state index is 0.103. The van der Waals surface area contributed by atoms with E-state index in [4.69, 9.17) is 4.52 Å². The summed E-state index contributed by atoms with van der Waals surface area (Å²) in [4.78, 5) is 28.8. The molecule has 0 saturated carbocycles. The summed E-state index contributed by atoms with van der Waals surface area (Å²) in [6, 6.07) is 17.0. The van der Waals surface area contributed by atoms with E-state index in [1.54, 1.807) is 6.20 Å². The van der Waals surface area contributed by atoms with Gasteiger partial charge in [-0.15, -0.1) is 0 Å². The second-order valence-electron chi connectivity index (χ2n) is 6.55. The summed E-state index contributed by atoms with van der Waals surface area (Å²) < 4.78 is 7.05. The van der Waals surface area contributed by atoms with Crippen LogP contribution >= 0.6 is 0 Å². The lowest BCUT2D eigenvalue weighted by Crippen LogP contribution is -2.41. The maximum Gasteiger partial charge on any atom is 0.271 e. The Morgan fingerprint density at radius 1 is 1.03 bits per heavy atom. The van der Waals surface area contributed by atoms with Crippen LogP contribution in [0.15, 0.2) is 65.3 Å². The Hall–Kier alpha value is -3.94. The zero-order chi connectivity index (χ0) is 20.2. The number of nitrogens with one attached hydrogen (secondary N) is 2. The lowest BCUT2D eigenvalue weighted by atomic mass is 10.2. The van der Waals surface area contributed by atoms with E-state index in [9.17, 15) is 9.59 Å². The average molecular weight is 389 g/mol. The van der Waals surface area contributed by atoms with Crippen LogP contribution in [0.2, 0.25) is 0 Å². The largest absolute Gasteiger partial charge is 0.350 e. The van der Waals surface area contributed by atoms with Crippen LogP contribution in [0.25, 0.3) is 22.3 Å². The topological polar surface area (TPSA) is 102 Å². The van der Waals surface area contributed by atoms with Crippen molar-refractivity contribution in [2.75, 3.05) is 0 Å². The molecule has 0 aliphatic rings. The van der Waals surface area contributed by atoms with E-state index in [1.807, 2.05) is 66.2 Å². The molecule has 8 nitrogen and oxygen atoms in total. The molecule has 4 aromatic rings. The number of fused-ring (bicyclic) bond motifs is 1. The van der Waals surface area contributed by atoms with Gasteiger partial charge in [-0.2, -0.15) is 4.98 Å². The van der Waals surface area contributed by atoms with Crippen molar-refractivity contribution in [3.8, 4) is 11.4 Å². The van der Waals surface area contributed by atoms with Crippen LogP contribution in [0.3, 0.4) is 0 Å². The first-order valence-electron chi connectivity index (χ1n) is 9.13. The van der Waals surface area contributed by atoms with Crippen molar-refractivity contribution >= 4 is 22.7 Å². The zero-order valence-electron chi connectivity index (χ0n) is 15.8. The molecule has 2 aromatic heterocycles.